The maximum absolute atomic E-state index is 12.9. The van der Waals surface area contributed by atoms with Crippen LogP contribution in [0.1, 0.15) is 35.8 Å². The largest absolute Gasteiger partial charge is 0.496 e. The zero-order valence-corrected chi connectivity index (χ0v) is 16.1. The molecule has 0 amide bonds. The summed E-state index contributed by atoms with van der Waals surface area (Å²) in [5.74, 6) is 0.160. The van der Waals surface area contributed by atoms with Gasteiger partial charge in [-0.1, -0.05) is 0 Å². The highest BCUT2D eigenvalue weighted by atomic mass is 19.4. The van der Waals surface area contributed by atoms with E-state index in [1.165, 1.54) is 13.2 Å². The highest BCUT2D eigenvalue weighted by Gasteiger charge is 2.32. The van der Waals surface area contributed by atoms with E-state index < -0.39 is 17.8 Å². The SMILES string of the molecule is COc1cc(C(F)(F)F)ccc1-c1nnc([C@H](O)[C@@H]2CCCN(C)C2)cc1C. The summed E-state index contributed by atoms with van der Waals surface area (Å²) in [7, 11) is 3.34. The van der Waals surface area contributed by atoms with Crippen LogP contribution < -0.4 is 4.74 Å². The molecule has 1 aliphatic heterocycles. The van der Waals surface area contributed by atoms with Crippen molar-refractivity contribution in [1.29, 1.82) is 0 Å². The van der Waals surface area contributed by atoms with E-state index in [9.17, 15) is 18.3 Å². The Hall–Kier alpha value is -2.19. The van der Waals surface area contributed by atoms with Gasteiger partial charge in [0.1, 0.15) is 11.9 Å². The summed E-state index contributed by atoms with van der Waals surface area (Å²) >= 11 is 0. The van der Waals surface area contributed by atoms with Crippen molar-refractivity contribution in [3.05, 3.63) is 41.1 Å². The predicted molar refractivity (Wildman–Crippen MR) is 98.9 cm³/mol. The number of piperidine rings is 1. The first kappa shape index (κ1) is 20.5. The first-order valence-electron chi connectivity index (χ1n) is 9.17. The molecule has 0 spiro atoms. The van der Waals surface area contributed by atoms with E-state index in [0.29, 0.717) is 22.5 Å². The Kier molecular flexibility index (Phi) is 5.90. The van der Waals surface area contributed by atoms with Gasteiger partial charge in [0.25, 0.3) is 0 Å². The van der Waals surface area contributed by atoms with Crippen molar-refractivity contribution in [1.82, 2.24) is 15.1 Å². The number of ether oxygens (including phenoxy) is 1. The van der Waals surface area contributed by atoms with Crippen molar-refractivity contribution in [2.24, 2.45) is 5.92 Å². The number of aliphatic hydroxyl groups is 1. The Balaban J connectivity index is 1.90. The molecule has 0 bridgehead atoms. The first-order valence-corrected chi connectivity index (χ1v) is 9.17. The fraction of sp³-hybridized carbons (Fsp3) is 0.500. The lowest BCUT2D eigenvalue weighted by molar-refractivity contribution is -0.137. The highest BCUT2D eigenvalue weighted by molar-refractivity contribution is 5.70. The molecule has 0 aliphatic carbocycles. The number of methoxy groups -OCH3 is 1. The standard InChI is InChI=1S/C20H24F3N3O2/c1-12-9-16(19(27)13-5-4-8-26(2)11-13)24-25-18(12)15-7-6-14(20(21,22)23)10-17(15)28-3/h6-7,9-10,13,19,27H,4-5,8,11H2,1-3H3/t13-,19-/m1/s1. The molecule has 1 aromatic carbocycles. The minimum atomic E-state index is -4.45. The van der Waals surface area contributed by atoms with Crippen LogP contribution in [0.3, 0.4) is 0 Å². The number of alkyl halides is 3. The van der Waals surface area contributed by atoms with Crippen LogP contribution in [0.4, 0.5) is 13.2 Å². The Morgan fingerprint density at radius 1 is 1.25 bits per heavy atom. The van der Waals surface area contributed by atoms with Crippen molar-refractivity contribution in [2.75, 3.05) is 27.2 Å². The first-order chi connectivity index (χ1) is 13.2. The summed E-state index contributed by atoms with van der Waals surface area (Å²) in [5, 5.41) is 19.1. The van der Waals surface area contributed by atoms with Crippen molar-refractivity contribution < 1.29 is 23.0 Å². The molecule has 1 N–H and O–H groups in total. The third-order valence-electron chi connectivity index (χ3n) is 5.20. The zero-order valence-electron chi connectivity index (χ0n) is 16.1. The van der Waals surface area contributed by atoms with E-state index in [2.05, 4.69) is 15.1 Å². The van der Waals surface area contributed by atoms with Gasteiger partial charge in [0.2, 0.25) is 0 Å². The van der Waals surface area contributed by atoms with Crippen LogP contribution in [-0.2, 0) is 6.18 Å². The number of halogens is 3. The van der Waals surface area contributed by atoms with E-state index in [-0.39, 0.29) is 11.7 Å². The van der Waals surface area contributed by atoms with Crippen molar-refractivity contribution in [3.8, 4) is 17.0 Å². The molecular formula is C20H24F3N3O2. The number of rotatable bonds is 4. The summed E-state index contributed by atoms with van der Waals surface area (Å²) in [5.41, 5.74) is 1.27. The van der Waals surface area contributed by atoms with Gasteiger partial charge in [-0.2, -0.15) is 18.3 Å². The van der Waals surface area contributed by atoms with Gasteiger partial charge in [-0.3, -0.25) is 0 Å². The molecule has 1 saturated heterocycles. The van der Waals surface area contributed by atoms with Crippen LogP contribution in [-0.4, -0.2) is 47.5 Å². The van der Waals surface area contributed by atoms with E-state index in [0.717, 1.165) is 38.1 Å². The minimum absolute atomic E-state index is 0.0782. The highest BCUT2D eigenvalue weighted by Crippen LogP contribution is 2.38. The second-order valence-electron chi connectivity index (χ2n) is 7.32. The fourth-order valence-electron chi connectivity index (χ4n) is 3.69. The lowest BCUT2D eigenvalue weighted by atomic mass is 9.90. The summed E-state index contributed by atoms with van der Waals surface area (Å²) in [4.78, 5) is 2.18. The average Bonchev–Trinajstić information content (AvgIpc) is 2.66. The molecule has 2 atom stereocenters. The number of hydrogen-bond acceptors (Lipinski definition) is 5. The van der Waals surface area contributed by atoms with Gasteiger partial charge in [0.05, 0.1) is 24.1 Å². The minimum Gasteiger partial charge on any atom is -0.496 e. The predicted octanol–water partition coefficient (Wildman–Crippen LogP) is 3.85. The number of aromatic nitrogens is 2. The van der Waals surface area contributed by atoms with Crippen LogP contribution >= 0.6 is 0 Å². The van der Waals surface area contributed by atoms with E-state index in [1.54, 1.807) is 13.0 Å². The van der Waals surface area contributed by atoms with E-state index >= 15 is 0 Å². The van der Waals surface area contributed by atoms with Crippen LogP contribution in [0.5, 0.6) is 5.75 Å². The summed E-state index contributed by atoms with van der Waals surface area (Å²) in [6, 6.07) is 5.04. The molecule has 2 heterocycles. The van der Waals surface area contributed by atoms with E-state index in [1.807, 2.05) is 7.05 Å². The maximum Gasteiger partial charge on any atom is 0.416 e. The molecule has 1 aliphatic rings. The molecule has 0 unspecified atom stereocenters. The molecule has 28 heavy (non-hydrogen) atoms. The summed E-state index contributed by atoms with van der Waals surface area (Å²) in [6.45, 7) is 3.60. The second-order valence-corrected chi connectivity index (χ2v) is 7.32. The molecule has 8 heteroatoms. The average molecular weight is 395 g/mol. The normalized spacial score (nSPS) is 19.5. The van der Waals surface area contributed by atoms with Crippen LogP contribution in [0.2, 0.25) is 0 Å². The van der Waals surface area contributed by atoms with Crippen molar-refractivity contribution >= 4 is 0 Å². The quantitative estimate of drug-likeness (QED) is 0.852. The van der Waals surface area contributed by atoms with Crippen LogP contribution in [0, 0.1) is 12.8 Å². The molecule has 0 saturated carbocycles. The third-order valence-corrected chi connectivity index (χ3v) is 5.20. The molecule has 1 aromatic heterocycles. The van der Waals surface area contributed by atoms with Crippen LogP contribution in [0.25, 0.3) is 11.3 Å². The van der Waals surface area contributed by atoms with Gasteiger partial charge < -0.3 is 14.7 Å². The number of hydrogen-bond donors (Lipinski definition) is 1. The molecule has 2 aromatic rings. The zero-order chi connectivity index (χ0) is 20.5. The van der Waals surface area contributed by atoms with Crippen molar-refractivity contribution in [3.63, 3.8) is 0 Å². The Morgan fingerprint density at radius 3 is 2.61 bits per heavy atom. The fourth-order valence-corrected chi connectivity index (χ4v) is 3.69. The Labute approximate surface area is 162 Å². The number of nitrogens with zero attached hydrogens (tertiary/aromatic N) is 3. The third kappa shape index (κ3) is 4.28. The monoisotopic (exact) mass is 395 g/mol. The molecule has 0 radical (unpaired) electrons. The Morgan fingerprint density at radius 2 is 2.00 bits per heavy atom. The lowest BCUT2D eigenvalue weighted by Gasteiger charge is -2.32. The van der Waals surface area contributed by atoms with Gasteiger partial charge in [0.15, 0.2) is 0 Å². The van der Waals surface area contributed by atoms with E-state index in [4.69, 9.17) is 4.74 Å². The molecule has 152 valence electrons. The maximum atomic E-state index is 12.9. The van der Waals surface area contributed by atoms with Gasteiger partial charge in [-0.25, -0.2) is 0 Å². The van der Waals surface area contributed by atoms with Crippen molar-refractivity contribution in [2.45, 2.75) is 32.0 Å². The second kappa shape index (κ2) is 8.05. The number of benzene rings is 1. The van der Waals surface area contributed by atoms with Gasteiger partial charge in [-0.05, 0) is 63.2 Å². The number of likely N-dealkylation sites (tertiary alicyclic amines) is 1. The molecule has 1 fully saturated rings. The van der Waals surface area contributed by atoms with Gasteiger partial charge >= 0.3 is 6.18 Å². The summed E-state index contributed by atoms with van der Waals surface area (Å²) < 4.78 is 44.0. The van der Waals surface area contributed by atoms with Gasteiger partial charge in [-0.15, -0.1) is 5.10 Å². The number of aryl methyl sites for hydroxylation is 1. The smallest absolute Gasteiger partial charge is 0.416 e. The number of aliphatic hydroxyl groups excluding tert-OH is 1. The molecule has 3 rings (SSSR count). The topological polar surface area (TPSA) is 58.5 Å². The molecular weight excluding hydrogens is 371 g/mol. The summed E-state index contributed by atoms with van der Waals surface area (Å²) in [6.07, 6.45) is -3.24. The van der Waals surface area contributed by atoms with Crippen LogP contribution in [0.15, 0.2) is 24.3 Å². The molecule has 5 nitrogen and oxygen atoms in total. The lowest BCUT2D eigenvalue weighted by Crippen LogP contribution is -2.35. The Bertz CT molecular complexity index is 842. The van der Waals surface area contributed by atoms with Gasteiger partial charge in [0, 0.05) is 18.0 Å².